The summed E-state index contributed by atoms with van der Waals surface area (Å²) >= 11 is 5.81. The number of likely N-dealkylation sites (N-methyl/N-ethyl adjacent to an activating group) is 1. The molecule has 0 N–H and O–H groups in total. The fourth-order valence-electron chi connectivity index (χ4n) is 2.18. The summed E-state index contributed by atoms with van der Waals surface area (Å²) in [4.78, 5) is 2.14. The molecule has 0 aromatic heterocycles. The average molecular weight is 268 g/mol. The third-order valence-electron chi connectivity index (χ3n) is 3.51. The predicted molar refractivity (Wildman–Crippen MR) is 81.7 cm³/mol. The Morgan fingerprint density at radius 1 is 1.11 bits per heavy atom. The van der Waals surface area contributed by atoms with Crippen LogP contribution in [0.3, 0.4) is 0 Å². The summed E-state index contributed by atoms with van der Waals surface area (Å²) in [6.07, 6.45) is 1.07. The average Bonchev–Trinajstić information content (AvgIpc) is 2.26. The van der Waals surface area contributed by atoms with E-state index in [0.29, 0.717) is 6.00 Å². The lowest BCUT2D eigenvalue weighted by atomic mass is 9.83. The van der Waals surface area contributed by atoms with Gasteiger partial charge >= 0.3 is 0 Å². The first-order valence-corrected chi connectivity index (χ1v) is 7.14. The van der Waals surface area contributed by atoms with E-state index in [1.165, 1.54) is 22.3 Å². The normalized spacial score (nSPS) is 12.2. The van der Waals surface area contributed by atoms with E-state index in [2.05, 4.69) is 58.7 Å². The number of benzene rings is 1. The fraction of sp³-hybridized carbons (Fsp3) is 0.625. The van der Waals surface area contributed by atoms with Crippen molar-refractivity contribution < 1.29 is 0 Å². The fourth-order valence-corrected chi connectivity index (χ4v) is 2.30. The molecule has 0 unspecified atom stereocenters. The van der Waals surface area contributed by atoms with Crippen LogP contribution < -0.4 is 0 Å². The first-order valence-electron chi connectivity index (χ1n) is 6.61. The number of rotatable bonds is 4. The third kappa shape index (κ3) is 4.00. The van der Waals surface area contributed by atoms with Crippen molar-refractivity contribution in [2.24, 2.45) is 0 Å². The molecule has 102 valence electrons. The second-order valence-corrected chi connectivity index (χ2v) is 6.53. The summed E-state index contributed by atoms with van der Waals surface area (Å²) < 4.78 is 0. The van der Waals surface area contributed by atoms with Crippen LogP contribution in [-0.2, 0) is 11.8 Å². The van der Waals surface area contributed by atoms with Crippen LogP contribution >= 0.6 is 11.6 Å². The van der Waals surface area contributed by atoms with Gasteiger partial charge in [-0.05, 0) is 55.0 Å². The largest absolute Gasteiger partial charge is 0.293 e. The quantitative estimate of drug-likeness (QED) is 0.582. The van der Waals surface area contributed by atoms with Crippen LogP contribution in [0.1, 0.15) is 43.0 Å². The Labute approximate surface area is 117 Å². The van der Waals surface area contributed by atoms with Gasteiger partial charge in [-0.15, -0.1) is 11.6 Å². The zero-order chi connectivity index (χ0) is 13.9. The zero-order valence-electron chi connectivity index (χ0n) is 12.6. The van der Waals surface area contributed by atoms with Crippen molar-refractivity contribution in [1.29, 1.82) is 0 Å². The van der Waals surface area contributed by atoms with Crippen molar-refractivity contribution >= 4 is 11.6 Å². The molecule has 0 heterocycles. The summed E-state index contributed by atoms with van der Waals surface area (Å²) in [7, 11) is 2.06. The predicted octanol–water partition coefficient (Wildman–Crippen LogP) is 4.27. The highest BCUT2D eigenvalue weighted by Gasteiger charge is 2.16. The lowest BCUT2D eigenvalue weighted by Gasteiger charge is -2.23. The second kappa shape index (κ2) is 6.08. The van der Waals surface area contributed by atoms with E-state index >= 15 is 0 Å². The molecule has 0 bridgehead atoms. The standard InChI is InChI=1S/C16H26ClN/c1-12-9-14(16(3,4)5)10-13(2)15(12)7-8-18(6)11-17/h9-10H,7-8,11H2,1-6H3. The molecule has 1 rings (SSSR count). The monoisotopic (exact) mass is 267 g/mol. The molecule has 0 spiro atoms. The number of hydrogen-bond acceptors (Lipinski definition) is 1. The highest BCUT2D eigenvalue weighted by atomic mass is 35.5. The van der Waals surface area contributed by atoms with Gasteiger partial charge in [0.05, 0.1) is 6.00 Å². The highest BCUT2D eigenvalue weighted by Crippen LogP contribution is 2.27. The molecule has 1 aromatic carbocycles. The summed E-state index contributed by atoms with van der Waals surface area (Å²) in [5.74, 6) is 0. The molecular weight excluding hydrogens is 242 g/mol. The number of aryl methyl sites for hydroxylation is 2. The van der Waals surface area contributed by atoms with E-state index < -0.39 is 0 Å². The Kier molecular flexibility index (Phi) is 5.24. The van der Waals surface area contributed by atoms with Crippen molar-refractivity contribution in [2.75, 3.05) is 19.6 Å². The van der Waals surface area contributed by atoms with Crippen molar-refractivity contribution in [3.63, 3.8) is 0 Å². The van der Waals surface area contributed by atoms with E-state index in [1.54, 1.807) is 0 Å². The molecular formula is C16H26ClN. The van der Waals surface area contributed by atoms with Gasteiger partial charge in [-0.25, -0.2) is 0 Å². The van der Waals surface area contributed by atoms with E-state index in [9.17, 15) is 0 Å². The maximum atomic E-state index is 5.81. The van der Waals surface area contributed by atoms with Gasteiger partial charge in [0.25, 0.3) is 0 Å². The second-order valence-electron chi connectivity index (χ2n) is 6.29. The SMILES string of the molecule is Cc1cc(C(C)(C)C)cc(C)c1CCN(C)CCl. The van der Waals surface area contributed by atoms with Gasteiger partial charge in [0, 0.05) is 6.54 Å². The van der Waals surface area contributed by atoms with Gasteiger partial charge in [0.15, 0.2) is 0 Å². The smallest absolute Gasteiger partial charge is 0.0736 e. The van der Waals surface area contributed by atoms with Gasteiger partial charge in [0.2, 0.25) is 0 Å². The molecule has 0 fully saturated rings. The number of alkyl halides is 1. The van der Waals surface area contributed by atoms with Crippen molar-refractivity contribution in [3.05, 3.63) is 34.4 Å². The van der Waals surface area contributed by atoms with E-state index in [0.717, 1.165) is 13.0 Å². The first kappa shape index (κ1) is 15.5. The molecule has 0 aliphatic rings. The Morgan fingerprint density at radius 2 is 1.61 bits per heavy atom. The zero-order valence-corrected chi connectivity index (χ0v) is 13.4. The Bertz CT molecular complexity index is 381. The molecule has 0 aliphatic carbocycles. The Hall–Kier alpha value is -0.530. The summed E-state index contributed by atoms with van der Waals surface area (Å²) in [6.45, 7) is 12.3. The lowest BCUT2D eigenvalue weighted by molar-refractivity contribution is 0.393. The van der Waals surface area contributed by atoms with Crippen LogP contribution in [0.4, 0.5) is 0 Å². The van der Waals surface area contributed by atoms with E-state index in [4.69, 9.17) is 11.6 Å². The van der Waals surface area contributed by atoms with Gasteiger partial charge < -0.3 is 0 Å². The number of halogens is 1. The maximum Gasteiger partial charge on any atom is 0.0736 e. The van der Waals surface area contributed by atoms with Crippen LogP contribution in [0.5, 0.6) is 0 Å². The molecule has 2 heteroatoms. The van der Waals surface area contributed by atoms with Crippen LogP contribution in [0, 0.1) is 13.8 Å². The summed E-state index contributed by atoms with van der Waals surface area (Å²) in [6, 6.07) is 5.27. The van der Waals surface area contributed by atoms with Crippen molar-refractivity contribution in [3.8, 4) is 0 Å². The first-order chi connectivity index (χ1) is 8.25. The number of nitrogens with zero attached hydrogens (tertiary/aromatic N) is 1. The molecule has 0 saturated carbocycles. The minimum atomic E-state index is 0.223. The van der Waals surface area contributed by atoms with Gasteiger partial charge in [-0.1, -0.05) is 32.9 Å². The lowest BCUT2D eigenvalue weighted by Crippen LogP contribution is -2.20. The van der Waals surface area contributed by atoms with Crippen LogP contribution in [-0.4, -0.2) is 24.5 Å². The third-order valence-corrected chi connectivity index (χ3v) is 3.92. The molecule has 0 aliphatic heterocycles. The molecule has 0 radical (unpaired) electrons. The van der Waals surface area contributed by atoms with Gasteiger partial charge in [0.1, 0.15) is 0 Å². The Morgan fingerprint density at radius 3 is 2.00 bits per heavy atom. The van der Waals surface area contributed by atoms with Crippen LogP contribution in [0.2, 0.25) is 0 Å². The highest BCUT2D eigenvalue weighted by molar-refractivity contribution is 6.17. The van der Waals surface area contributed by atoms with Crippen LogP contribution in [0.15, 0.2) is 12.1 Å². The molecule has 0 atom stereocenters. The molecule has 18 heavy (non-hydrogen) atoms. The molecule has 0 saturated heterocycles. The summed E-state index contributed by atoms with van der Waals surface area (Å²) in [5, 5.41) is 0. The minimum Gasteiger partial charge on any atom is -0.293 e. The topological polar surface area (TPSA) is 3.24 Å². The molecule has 1 aromatic rings. The van der Waals surface area contributed by atoms with Gasteiger partial charge in [-0.2, -0.15) is 0 Å². The number of hydrogen-bond donors (Lipinski definition) is 0. The Balaban J connectivity index is 2.95. The van der Waals surface area contributed by atoms with Crippen molar-refractivity contribution in [2.45, 2.75) is 46.5 Å². The van der Waals surface area contributed by atoms with E-state index in [-0.39, 0.29) is 5.41 Å². The molecule has 1 nitrogen and oxygen atoms in total. The van der Waals surface area contributed by atoms with E-state index in [1.807, 2.05) is 0 Å². The van der Waals surface area contributed by atoms with Crippen molar-refractivity contribution in [1.82, 2.24) is 4.90 Å². The molecule has 0 amide bonds. The maximum absolute atomic E-state index is 5.81. The minimum absolute atomic E-state index is 0.223. The summed E-state index contributed by atoms with van der Waals surface area (Å²) in [5.41, 5.74) is 5.93. The van der Waals surface area contributed by atoms with Gasteiger partial charge in [-0.3, -0.25) is 4.90 Å². The van der Waals surface area contributed by atoms with Crippen LogP contribution in [0.25, 0.3) is 0 Å².